The predicted octanol–water partition coefficient (Wildman–Crippen LogP) is 1.35. The van der Waals surface area contributed by atoms with Crippen LogP contribution in [0.3, 0.4) is 0 Å². The van der Waals surface area contributed by atoms with Gasteiger partial charge in [0.25, 0.3) is 0 Å². The van der Waals surface area contributed by atoms with Crippen LogP contribution >= 0.6 is 11.8 Å². The molecule has 0 heterocycles. The third-order valence-corrected chi connectivity index (χ3v) is 3.77. The van der Waals surface area contributed by atoms with Crippen LogP contribution in [0.25, 0.3) is 0 Å². The molecule has 0 aromatic rings. The Morgan fingerprint density at radius 1 is 1.19 bits per heavy atom. The van der Waals surface area contributed by atoms with Crippen molar-refractivity contribution in [1.29, 1.82) is 0 Å². The van der Waals surface area contributed by atoms with E-state index in [0.29, 0.717) is 17.9 Å². The van der Waals surface area contributed by atoms with Gasteiger partial charge in [0.15, 0.2) is 0 Å². The standard InChI is InChI=1S/C14H26N2O4S/c1-4-7-16(8-5-2)13(18)10-21-9-6-12(14(19)20)15-11(3)17/h12H,4-10H2,1-3H3,(H,15,17)(H,19,20). The predicted molar refractivity (Wildman–Crippen MR) is 84.3 cm³/mol. The van der Waals surface area contributed by atoms with Crippen LogP contribution in [0.2, 0.25) is 0 Å². The molecule has 0 fully saturated rings. The molecule has 0 spiro atoms. The van der Waals surface area contributed by atoms with Crippen molar-refractivity contribution in [3.63, 3.8) is 0 Å². The summed E-state index contributed by atoms with van der Waals surface area (Å²) in [5, 5.41) is 11.3. The Morgan fingerprint density at radius 3 is 2.19 bits per heavy atom. The highest BCUT2D eigenvalue weighted by Crippen LogP contribution is 2.08. The first kappa shape index (κ1) is 19.8. The van der Waals surface area contributed by atoms with E-state index in [1.807, 2.05) is 18.7 Å². The van der Waals surface area contributed by atoms with Crippen LogP contribution in [-0.4, -0.2) is 58.4 Å². The van der Waals surface area contributed by atoms with Gasteiger partial charge in [-0.3, -0.25) is 9.59 Å². The van der Waals surface area contributed by atoms with Gasteiger partial charge in [-0.15, -0.1) is 0 Å². The van der Waals surface area contributed by atoms with E-state index in [1.165, 1.54) is 18.7 Å². The topological polar surface area (TPSA) is 86.7 Å². The maximum absolute atomic E-state index is 12.0. The molecule has 122 valence electrons. The largest absolute Gasteiger partial charge is 0.480 e. The van der Waals surface area contributed by atoms with Gasteiger partial charge in [0.1, 0.15) is 6.04 Å². The van der Waals surface area contributed by atoms with Crippen LogP contribution in [0.4, 0.5) is 0 Å². The second-order valence-corrected chi connectivity index (χ2v) is 5.92. The number of rotatable bonds is 11. The minimum absolute atomic E-state index is 0.0927. The van der Waals surface area contributed by atoms with Crippen LogP contribution in [0.15, 0.2) is 0 Å². The minimum Gasteiger partial charge on any atom is -0.480 e. The van der Waals surface area contributed by atoms with Crippen molar-refractivity contribution >= 4 is 29.5 Å². The highest BCUT2D eigenvalue weighted by atomic mass is 32.2. The van der Waals surface area contributed by atoms with Crippen LogP contribution in [-0.2, 0) is 14.4 Å². The number of aliphatic carboxylic acids is 1. The summed E-state index contributed by atoms with van der Waals surface area (Å²) >= 11 is 1.41. The number of hydrogen-bond donors (Lipinski definition) is 2. The lowest BCUT2D eigenvalue weighted by Gasteiger charge is -2.21. The fourth-order valence-corrected chi connectivity index (χ4v) is 2.76. The zero-order valence-corrected chi connectivity index (χ0v) is 13.9. The van der Waals surface area contributed by atoms with Gasteiger partial charge in [0, 0.05) is 20.0 Å². The second-order valence-electron chi connectivity index (χ2n) is 4.81. The maximum atomic E-state index is 12.0. The van der Waals surface area contributed by atoms with Crippen LogP contribution in [0, 0.1) is 0 Å². The number of amides is 2. The number of carbonyl (C=O) groups excluding carboxylic acids is 2. The summed E-state index contributed by atoms with van der Waals surface area (Å²) in [7, 11) is 0. The molecule has 0 radical (unpaired) electrons. The van der Waals surface area contributed by atoms with Gasteiger partial charge in [0.05, 0.1) is 5.75 Å². The highest BCUT2D eigenvalue weighted by Gasteiger charge is 2.18. The molecule has 7 heteroatoms. The summed E-state index contributed by atoms with van der Waals surface area (Å²) in [5.74, 6) is -0.437. The monoisotopic (exact) mass is 318 g/mol. The number of carboxylic acid groups (broad SMARTS) is 1. The van der Waals surface area contributed by atoms with Crippen molar-refractivity contribution in [2.75, 3.05) is 24.6 Å². The number of thioether (sulfide) groups is 1. The van der Waals surface area contributed by atoms with Gasteiger partial charge in [-0.2, -0.15) is 11.8 Å². The number of hydrogen-bond acceptors (Lipinski definition) is 4. The molecule has 6 nitrogen and oxygen atoms in total. The molecule has 1 atom stereocenters. The Labute approximate surface area is 130 Å². The summed E-state index contributed by atoms with van der Waals surface area (Å²) in [6, 6.07) is -0.882. The Kier molecular flexibility index (Phi) is 10.7. The van der Waals surface area contributed by atoms with Gasteiger partial charge >= 0.3 is 5.97 Å². The molecule has 0 aromatic carbocycles. The second kappa shape index (κ2) is 11.4. The Morgan fingerprint density at radius 2 is 1.76 bits per heavy atom. The summed E-state index contributed by atoms with van der Waals surface area (Å²) in [6.07, 6.45) is 2.18. The van der Waals surface area contributed by atoms with Gasteiger partial charge in [0.2, 0.25) is 11.8 Å². The molecule has 1 unspecified atom stereocenters. The van der Waals surface area contributed by atoms with Gasteiger partial charge in [-0.05, 0) is 25.0 Å². The Hall–Kier alpha value is -1.24. The average molecular weight is 318 g/mol. The van der Waals surface area contributed by atoms with Crippen molar-refractivity contribution in [2.24, 2.45) is 0 Å². The fraction of sp³-hybridized carbons (Fsp3) is 0.786. The molecule has 2 N–H and O–H groups in total. The molecule has 0 saturated heterocycles. The van der Waals surface area contributed by atoms with Crippen LogP contribution < -0.4 is 5.32 Å². The van der Waals surface area contributed by atoms with Gasteiger partial charge in [-0.25, -0.2) is 4.79 Å². The zero-order valence-electron chi connectivity index (χ0n) is 13.1. The van der Waals surface area contributed by atoms with Gasteiger partial charge < -0.3 is 15.3 Å². The molecule has 0 bridgehead atoms. The first-order chi connectivity index (χ1) is 9.92. The van der Waals surface area contributed by atoms with E-state index < -0.39 is 12.0 Å². The molecule has 0 rings (SSSR count). The smallest absolute Gasteiger partial charge is 0.326 e. The first-order valence-corrected chi connectivity index (χ1v) is 8.43. The number of carboxylic acids is 1. The summed E-state index contributed by atoms with van der Waals surface area (Å²) in [5.41, 5.74) is 0. The average Bonchev–Trinajstić information content (AvgIpc) is 2.41. The zero-order chi connectivity index (χ0) is 16.3. The molecule has 21 heavy (non-hydrogen) atoms. The Bertz CT molecular complexity index is 344. The van der Waals surface area contributed by atoms with E-state index in [0.717, 1.165) is 25.9 Å². The first-order valence-electron chi connectivity index (χ1n) is 7.27. The normalized spacial score (nSPS) is 11.8. The lowest BCUT2D eigenvalue weighted by molar-refractivity contribution is -0.141. The lowest BCUT2D eigenvalue weighted by Crippen LogP contribution is -2.40. The SMILES string of the molecule is CCCN(CCC)C(=O)CSCCC(NC(C)=O)C(=O)O. The van der Waals surface area contributed by atoms with E-state index in [4.69, 9.17) is 5.11 Å². The molecular weight excluding hydrogens is 292 g/mol. The van der Waals surface area contributed by atoms with Crippen molar-refractivity contribution < 1.29 is 19.5 Å². The molecule has 0 aliphatic carbocycles. The molecule has 0 aliphatic rings. The van der Waals surface area contributed by atoms with Crippen molar-refractivity contribution in [3.8, 4) is 0 Å². The number of nitrogens with one attached hydrogen (secondary N) is 1. The van der Waals surface area contributed by atoms with E-state index in [1.54, 1.807) is 0 Å². The number of nitrogens with zero attached hydrogens (tertiary/aromatic N) is 1. The fourth-order valence-electron chi connectivity index (χ4n) is 1.86. The Balaban J connectivity index is 4.08. The van der Waals surface area contributed by atoms with Crippen molar-refractivity contribution in [3.05, 3.63) is 0 Å². The molecule has 2 amide bonds. The van der Waals surface area contributed by atoms with Crippen LogP contribution in [0.1, 0.15) is 40.0 Å². The molecule has 0 aromatic heterocycles. The minimum atomic E-state index is -1.05. The molecule has 0 aliphatic heterocycles. The summed E-state index contributed by atoms with van der Waals surface area (Å²) in [4.78, 5) is 35.7. The number of carbonyl (C=O) groups is 3. The summed E-state index contributed by atoms with van der Waals surface area (Å²) < 4.78 is 0. The molecule has 0 saturated carbocycles. The van der Waals surface area contributed by atoms with Gasteiger partial charge in [-0.1, -0.05) is 13.8 Å². The van der Waals surface area contributed by atoms with Crippen LogP contribution in [0.5, 0.6) is 0 Å². The molecular formula is C14H26N2O4S. The van der Waals surface area contributed by atoms with Crippen molar-refractivity contribution in [1.82, 2.24) is 10.2 Å². The third-order valence-electron chi connectivity index (χ3n) is 2.79. The quantitative estimate of drug-likeness (QED) is 0.562. The summed E-state index contributed by atoms with van der Waals surface area (Å²) in [6.45, 7) is 6.88. The van der Waals surface area contributed by atoms with Crippen molar-refractivity contribution in [2.45, 2.75) is 46.1 Å². The lowest BCUT2D eigenvalue weighted by atomic mass is 10.2. The van der Waals surface area contributed by atoms with E-state index >= 15 is 0 Å². The maximum Gasteiger partial charge on any atom is 0.326 e. The third kappa shape index (κ3) is 9.33. The van der Waals surface area contributed by atoms with E-state index in [-0.39, 0.29) is 11.8 Å². The van der Waals surface area contributed by atoms with E-state index in [9.17, 15) is 14.4 Å². The highest BCUT2D eigenvalue weighted by molar-refractivity contribution is 7.99. The van der Waals surface area contributed by atoms with E-state index in [2.05, 4.69) is 5.32 Å².